The fourth-order valence-electron chi connectivity index (χ4n) is 2.98. The number of likely N-dealkylation sites (N-methyl/N-ethyl adjacent to an activating group) is 1. The lowest BCUT2D eigenvalue weighted by molar-refractivity contribution is -0.140. The molecule has 3 aromatic rings. The third-order valence-electron chi connectivity index (χ3n) is 4.51. The zero-order chi connectivity index (χ0) is 19.4. The van der Waals surface area contributed by atoms with Crippen molar-refractivity contribution in [3.8, 4) is 10.6 Å². The van der Waals surface area contributed by atoms with Crippen LogP contribution in [-0.4, -0.2) is 27.1 Å². The molecule has 0 saturated heterocycles. The van der Waals surface area contributed by atoms with Crippen LogP contribution >= 0.6 is 11.3 Å². The van der Waals surface area contributed by atoms with Crippen molar-refractivity contribution in [1.29, 1.82) is 0 Å². The van der Waals surface area contributed by atoms with E-state index >= 15 is 0 Å². The summed E-state index contributed by atoms with van der Waals surface area (Å²) in [5.74, 6) is -0.133. The number of hydrogen-bond acceptors (Lipinski definition) is 4. The van der Waals surface area contributed by atoms with Crippen molar-refractivity contribution >= 4 is 17.2 Å². The van der Waals surface area contributed by atoms with Crippen LogP contribution in [0.15, 0.2) is 64.8 Å². The van der Waals surface area contributed by atoms with Crippen LogP contribution in [-0.2, 0) is 16.9 Å². The molecular formula is C21H23N3O2S. The molecule has 0 unspecified atom stereocenters. The molecule has 2 heterocycles. The highest BCUT2D eigenvalue weighted by Crippen LogP contribution is 2.23. The number of benzene rings is 1. The van der Waals surface area contributed by atoms with E-state index in [2.05, 4.69) is 5.10 Å². The monoisotopic (exact) mass is 381 g/mol. The van der Waals surface area contributed by atoms with E-state index in [1.807, 2.05) is 54.8 Å². The van der Waals surface area contributed by atoms with E-state index in [1.54, 1.807) is 36.2 Å². The Hall–Kier alpha value is -2.73. The van der Waals surface area contributed by atoms with E-state index < -0.39 is 5.54 Å². The smallest absolute Gasteiger partial charge is 0.267 e. The number of nitrogens with zero attached hydrogens (tertiary/aromatic N) is 3. The molecule has 5 nitrogen and oxygen atoms in total. The Kier molecular flexibility index (Phi) is 5.56. The molecule has 0 radical (unpaired) electrons. The normalized spacial score (nSPS) is 11.4. The molecule has 1 aromatic carbocycles. The Balaban J connectivity index is 1.93. The lowest BCUT2D eigenvalue weighted by Crippen LogP contribution is -2.51. The van der Waals surface area contributed by atoms with Crippen LogP contribution in [0.4, 0.5) is 0 Å². The number of hydrogen-bond donors (Lipinski definition) is 0. The van der Waals surface area contributed by atoms with Gasteiger partial charge < -0.3 is 4.90 Å². The maximum Gasteiger partial charge on any atom is 0.267 e. The van der Waals surface area contributed by atoms with Gasteiger partial charge in [-0.05, 0) is 43.8 Å². The highest BCUT2D eigenvalue weighted by molar-refractivity contribution is 7.13. The number of rotatable bonds is 6. The summed E-state index contributed by atoms with van der Waals surface area (Å²) in [5, 5.41) is 6.46. The molecule has 6 heteroatoms. The summed E-state index contributed by atoms with van der Waals surface area (Å²) in [6.45, 7) is 6.48. The minimum absolute atomic E-state index is 0.133. The van der Waals surface area contributed by atoms with Gasteiger partial charge >= 0.3 is 0 Å². The number of aromatic nitrogens is 2. The fraction of sp³-hybridized carbons (Fsp3) is 0.286. The topological polar surface area (TPSA) is 55.2 Å². The predicted octanol–water partition coefficient (Wildman–Crippen LogP) is 3.76. The Morgan fingerprint density at radius 3 is 2.48 bits per heavy atom. The van der Waals surface area contributed by atoms with Gasteiger partial charge in [-0.25, -0.2) is 4.68 Å². The third kappa shape index (κ3) is 4.01. The molecule has 0 saturated carbocycles. The van der Waals surface area contributed by atoms with Crippen molar-refractivity contribution in [1.82, 2.24) is 14.7 Å². The van der Waals surface area contributed by atoms with Gasteiger partial charge in [0.05, 0.1) is 4.88 Å². The van der Waals surface area contributed by atoms with E-state index in [0.717, 1.165) is 10.4 Å². The number of thiophene rings is 1. The molecular weight excluding hydrogens is 358 g/mol. The van der Waals surface area contributed by atoms with Gasteiger partial charge in [0.1, 0.15) is 11.2 Å². The van der Waals surface area contributed by atoms with Gasteiger partial charge in [-0.2, -0.15) is 5.10 Å². The largest absolute Gasteiger partial charge is 0.337 e. The molecule has 2 aromatic heterocycles. The number of carbonyl (C=O) groups excluding carboxylic acids is 1. The van der Waals surface area contributed by atoms with Crippen molar-refractivity contribution < 1.29 is 4.79 Å². The Bertz CT molecular complexity index is 963. The molecule has 0 spiro atoms. The third-order valence-corrected chi connectivity index (χ3v) is 5.40. The molecule has 0 aliphatic heterocycles. The lowest BCUT2D eigenvalue weighted by atomic mass is 10.0. The molecule has 27 heavy (non-hydrogen) atoms. The molecule has 0 N–H and O–H groups in total. The summed E-state index contributed by atoms with van der Waals surface area (Å²) in [7, 11) is 0. The highest BCUT2D eigenvalue weighted by atomic mass is 32.1. The predicted molar refractivity (Wildman–Crippen MR) is 109 cm³/mol. The second kappa shape index (κ2) is 7.88. The summed E-state index contributed by atoms with van der Waals surface area (Å²) in [4.78, 5) is 28.5. The van der Waals surface area contributed by atoms with Crippen LogP contribution < -0.4 is 5.56 Å². The Labute approximate surface area is 162 Å². The summed E-state index contributed by atoms with van der Waals surface area (Å²) < 4.78 is 1.30. The maximum atomic E-state index is 13.3. The Morgan fingerprint density at radius 1 is 1.11 bits per heavy atom. The molecule has 0 fully saturated rings. The van der Waals surface area contributed by atoms with Gasteiger partial charge in [-0.1, -0.05) is 36.4 Å². The number of carbonyl (C=O) groups is 1. The van der Waals surface area contributed by atoms with Crippen molar-refractivity contribution in [2.75, 3.05) is 6.54 Å². The van der Waals surface area contributed by atoms with Gasteiger partial charge in [0.2, 0.25) is 5.91 Å². The van der Waals surface area contributed by atoms with Gasteiger partial charge in [0, 0.05) is 19.2 Å². The Morgan fingerprint density at radius 2 is 1.85 bits per heavy atom. The van der Waals surface area contributed by atoms with Gasteiger partial charge in [0.25, 0.3) is 5.56 Å². The summed E-state index contributed by atoms with van der Waals surface area (Å²) in [5.41, 5.74) is 0.368. The quantitative estimate of drug-likeness (QED) is 0.653. The van der Waals surface area contributed by atoms with Crippen molar-refractivity contribution in [2.24, 2.45) is 0 Å². The van der Waals surface area contributed by atoms with Gasteiger partial charge in [-0.3, -0.25) is 9.59 Å². The first-order valence-corrected chi connectivity index (χ1v) is 9.79. The standard InChI is InChI=1S/C21H23N3O2S/c1-4-23(15-16-9-6-5-7-10-16)20(26)21(2,3)24-19(25)13-12-17(22-24)18-11-8-14-27-18/h5-14H,4,15H2,1-3H3. The van der Waals surface area contributed by atoms with Crippen LogP contribution in [0, 0.1) is 0 Å². The first-order valence-electron chi connectivity index (χ1n) is 8.91. The zero-order valence-corrected chi connectivity index (χ0v) is 16.6. The fourth-order valence-corrected chi connectivity index (χ4v) is 3.67. The molecule has 140 valence electrons. The van der Waals surface area contributed by atoms with E-state index in [4.69, 9.17) is 0 Å². The first kappa shape index (κ1) is 19.0. The van der Waals surface area contributed by atoms with Crippen LogP contribution in [0.2, 0.25) is 0 Å². The second-order valence-electron chi connectivity index (χ2n) is 6.81. The lowest BCUT2D eigenvalue weighted by Gasteiger charge is -2.32. The summed E-state index contributed by atoms with van der Waals surface area (Å²) in [6.07, 6.45) is 0. The molecule has 0 aliphatic carbocycles. The van der Waals surface area contributed by atoms with E-state index in [1.165, 1.54) is 10.7 Å². The van der Waals surface area contributed by atoms with Crippen LogP contribution in [0.25, 0.3) is 10.6 Å². The maximum absolute atomic E-state index is 13.3. The SMILES string of the molecule is CCN(Cc1ccccc1)C(=O)C(C)(C)n1nc(-c2cccs2)ccc1=O. The van der Waals surface area contributed by atoms with Crippen molar-refractivity contribution in [3.63, 3.8) is 0 Å². The number of amides is 1. The second-order valence-corrected chi connectivity index (χ2v) is 7.76. The van der Waals surface area contributed by atoms with E-state index in [0.29, 0.717) is 18.8 Å². The zero-order valence-electron chi connectivity index (χ0n) is 15.8. The van der Waals surface area contributed by atoms with E-state index in [-0.39, 0.29) is 11.5 Å². The van der Waals surface area contributed by atoms with Crippen LogP contribution in [0.5, 0.6) is 0 Å². The van der Waals surface area contributed by atoms with Crippen LogP contribution in [0.3, 0.4) is 0 Å². The summed E-state index contributed by atoms with van der Waals surface area (Å²) >= 11 is 1.55. The average Bonchev–Trinajstić information content (AvgIpc) is 3.21. The minimum atomic E-state index is -1.09. The highest BCUT2D eigenvalue weighted by Gasteiger charge is 2.35. The molecule has 1 amide bonds. The molecule has 0 aliphatic rings. The van der Waals surface area contributed by atoms with E-state index in [9.17, 15) is 9.59 Å². The van der Waals surface area contributed by atoms with Crippen molar-refractivity contribution in [3.05, 3.63) is 75.9 Å². The summed E-state index contributed by atoms with van der Waals surface area (Å²) in [6, 6.07) is 16.9. The molecule has 0 bridgehead atoms. The van der Waals surface area contributed by atoms with Crippen molar-refractivity contribution in [2.45, 2.75) is 32.9 Å². The molecule has 0 atom stereocenters. The van der Waals surface area contributed by atoms with Gasteiger partial charge in [-0.15, -0.1) is 11.3 Å². The van der Waals surface area contributed by atoms with Gasteiger partial charge in [0.15, 0.2) is 0 Å². The minimum Gasteiger partial charge on any atom is -0.337 e. The molecule has 3 rings (SSSR count). The van der Waals surface area contributed by atoms with Crippen LogP contribution in [0.1, 0.15) is 26.3 Å². The average molecular weight is 382 g/mol. The first-order chi connectivity index (χ1) is 12.9.